The molecule has 1 aromatic heterocycles. The maximum absolute atomic E-state index is 12.3. The lowest BCUT2D eigenvalue weighted by atomic mass is 9.70. The van der Waals surface area contributed by atoms with E-state index in [1.54, 1.807) is 7.11 Å². The van der Waals surface area contributed by atoms with Crippen LogP contribution in [0.2, 0.25) is 0 Å². The minimum Gasteiger partial charge on any atom is -0.495 e. The zero-order valence-electron chi connectivity index (χ0n) is 16.1. The van der Waals surface area contributed by atoms with E-state index in [-0.39, 0.29) is 22.5 Å². The normalized spacial score (nSPS) is 24.5. The molecule has 1 aromatic carbocycles. The molecule has 2 aromatic rings. The summed E-state index contributed by atoms with van der Waals surface area (Å²) in [6, 6.07) is 7.35. The van der Waals surface area contributed by atoms with Crippen LogP contribution in [0.3, 0.4) is 0 Å². The molecule has 0 spiro atoms. The summed E-state index contributed by atoms with van der Waals surface area (Å²) in [7, 11) is 1.58. The molecule has 2 aliphatic rings. The van der Waals surface area contributed by atoms with Gasteiger partial charge >= 0.3 is 0 Å². The second kappa shape index (κ2) is 6.48. The molecule has 4 rings (SSSR count). The summed E-state index contributed by atoms with van der Waals surface area (Å²) in [4.78, 5) is 17.1. The van der Waals surface area contributed by atoms with Gasteiger partial charge in [0.1, 0.15) is 5.75 Å². The highest BCUT2D eigenvalue weighted by atomic mass is 32.2. The molecule has 1 fully saturated rings. The topological polar surface area (TPSA) is 77.0 Å². The highest BCUT2D eigenvalue weighted by molar-refractivity contribution is 7.99. The van der Waals surface area contributed by atoms with Gasteiger partial charge in [-0.2, -0.15) is 5.10 Å². The van der Waals surface area contributed by atoms with Crippen molar-refractivity contribution < 1.29 is 9.53 Å². The molecular formula is C20H24N4O2S. The Balaban J connectivity index is 1.46. The molecule has 1 heterocycles. The van der Waals surface area contributed by atoms with Crippen LogP contribution in [-0.4, -0.2) is 34.0 Å². The van der Waals surface area contributed by atoms with E-state index in [1.807, 2.05) is 24.3 Å². The molecule has 0 aliphatic heterocycles. The van der Waals surface area contributed by atoms with E-state index in [0.29, 0.717) is 22.5 Å². The highest BCUT2D eigenvalue weighted by Crippen LogP contribution is 2.66. The Bertz CT molecular complexity index is 901. The highest BCUT2D eigenvalue weighted by Gasteiger charge is 2.61. The van der Waals surface area contributed by atoms with Crippen molar-refractivity contribution in [1.82, 2.24) is 15.2 Å². The molecule has 27 heavy (non-hydrogen) atoms. The molecule has 1 N–H and O–H groups in total. The zero-order valence-corrected chi connectivity index (χ0v) is 16.9. The second-order valence-electron chi connectivity index (χ2n) is 8.01. The predicted molar refractivity (Wildman–Crippen MR) is 105 cm³/mol. The third kappa shape index (κ3) is 2.79. The lowest BCUT2D eigenvalue weighted by Gasteiger charge is -2.33. The minimum absolute atomic E-state index is 0.0396. The molecule has 6 nitrogen and oxygen atoms in total. The maximum atomic E-state index is 12.3. The Labute approximate surface area is 163 Å². The van der Waals surface area contributed by atoms with E-state index >= 15 is 0 Å². The molecular weight excluding hydrogens is 360 g/mol. The smallest absolute Gasteiger partial charge is 0.234 e. The summed E-state index contributed by atoms with van der Waals surface area (Å²) >= 11 is 1.32. The summed E-state index contributed by atoms with van der Waals surface area (Å²) < 4.78 is 5.26. The van der Waals surface area contributed by atoms with Crippen LogP contribution in [0.1, 0.15) is 50.9 Å². The van der Waals surface area contributed by atoms with Crippen molar-refractivity contribution in [3.8, 4) is 5.75 Å². The summed E-state index contributed by atoms with van der Waals surface area (Å²) in [5.41, 5.74) is 2.98. The number of fused-ring (bicyclic) bond motifs is 5. The molecule has 1 saturated carbocycles. The van der Waals surface area contributed by atoms with E-state index in [1.165, 1.54) is 11.8 Å². The van der Waals surface area contributed by atoms with Gasteiger partial charge in [-0.25, -0.2) is 4.98 Å². The van der Waals surface area contributed by atoms with Crippen LogP contribution in [0.4, 0.5) is 5.69 Å². The molecule has 1 amide bonds. The molecule has 0 radical (unpaired) electrons. The fourth-order valence-corrected chi connectivity index (χ4v) is 5.07. The Hall–Kier alpha value is -2.15. The number of carbonyl (C=O) groups is 1. The van der Waals surface area contributed by atoms with Crippen LogP contribution in [0.15, 0.2) is 29.4 Å². The Morgan fingerprint density at radius 3 is 2.85 bits per heavy atom. The molecule has 2 aliphatic carbocycles. The van der Waals surface area contributed by atoms with E-state index < -0.39 is 0 Å². The fraction of sp³-hybridized carbons (Fsp3) is 0.500. The third-order valence-corrected chi connectivity index (χ3v) is 7.32. The quantitative estimate of drug-likeness (QED) is 0.791. The van der Waals surface area contributed by atoms with Gasteiger partial charge in [-0.05, 0) is 30.4 Å². The van der Waals surface area contributed by atoms with Crippen LogP contribution >= 0.6 is 11.8 Å². The molecule has 7 heteroatoms. The van der Waals surface area contributed by atoms with Gasteiger partial charge in [0.05, 0.1) is 29.9 Å². The van der Waals surface area contributed by atoms with Crippen LogP contribution in [0.25, 0.3) is 0 Å². The number of hydrogen-bond donors (Lipinski definition) is 1. The van der Waals surface area contributed by atoms with Crippen molar-refractivity contribution in [2.24, 2.45) is 5.41 Å². The number of ether oxygens (including phenoxy) is 1. The van der Waals surface area contributed by atoms with Crippen molar-refractivity contribution in [1.29, 1.82) is 0 Å². The summed E-state index contributed by atoms with van der Waals surface area (Å²) in [5, 5.41) is 12.2. The second-order valence-corrected chi connectivity index (χ2v) is 8.95. The number of methoxy groups -OCH3 is 1. The number of benzene rings is 1. The van der Waals surface area contributed by atoms with Crippen molar-refractivity contribution in [2.45, 2.75) is 50.1 Å². The average Bonchev–Trinajstić information content (AvgIpc) is 2.99. The Morgan fingerprint density at radius 1 is 1.30 bits per heavy atom. The number of aromatic nitrogens is 3. The monoisotopic (exact) mass is 384 g/mol. The summed E-state index contributed by atoms with van der Waals surface area (Å²) in [6.07, 6.45) is 2.29. The van der Waals surface area contributed by atoms with Gasteiger partial charge in [0.2, 0.25) is 11.1 Å². The van der Waals surface area contributed by atoms with Crippen LogP contribution in [-0.2, 0) is 10.2 Å². The summed E-state index contributed by atoms with van der Waals surface area (Å²) in [5.74, 6) is 1.17. The number of carbonyl (C=O) groups excluding carboxylic acids is 1. The van der Waals surface area contributed by atoms with Crippen molar-refractivity contribution >= 4 is 23.4 Å². The molecule has 2 unspecified atom stereocenters. The Morgan fingerprint density at radius 2 is 2.07 bits per heavy atom. The van der Waals surface area contributed by atoms with Gasteiger partial charge in [-0.15, -0.1) is 5.10 Å². The first kappa shape index (κ1) is 18.2. The van der Waals surface area contributed by atoms with Crippen molar-refractivity contribution in [3.63, 3.8) is 0 Å². The fourth-order valence-electron chi connectivity index (χ4n) is 4.49. The lowest BCUT2D eigenvalue weighted by Crippen LogP contribution is -2.32. The maximum Gasteiger partial charge on any atom is 0.234 e. The van der Waals surface area contributed by atoms with Crippen LogP contribution in [0, 0.1) is 5.41 Å². The summed E-state index contributed by atoms with van der Waals surface area (Å²) in [6.45, 7) is 6.90. The van der Waals surface area contributed by atoms with E-state index in [9.17, 15) is 4.79 Å². The van der Waals surface area contributed by atoms with Gasteiger partial charge in [-0.3, -0.25) is 4.79 Å². The van der Waals surface area contributed by atoms with E-state index in [0.717, 1.165) is 24.2 Å². The largest absolute Gasteiger partial charge is 0.495 e. The van der Waals surface area contributed by atoms with Gasteiger partial charge in [0.15, 0.2) is 0 Å². The van der Waals surface area contributed by atoms with Crippen LogP contribution < -0.4 is 10.1 Å². The van der Waals surface area contributed by atoms with Crippen molar-refractivity contribution in [2.75, 3.05) is 18.2 Å². The number of thioether (sulfide) groups is 1. The standard InChI is InChI=1S/C20H24N4O2S/c1-19(2)12-9-10-20(19,3)17-16(12)23-24-18(22-17)27-11-15(25)21-13-7-5-6-8-14(13)26-4/h5-8,12H,9-11H2,1-4H3,(H,21,25). The van der Waals surface area contributed by atoms with Gasteiger partial charge in [0.25, 0.3) is 0 Å². The first-order chi connectivity index (χ1) is 12.9. The number of nitrogens with zero attached hydrogens (tertiary/aromatic N) is 3. The molecule has 2 atom stereocenters. The zero-order chi connectivity index (χ0) is 19.2. The van der Waals surface area contributed by atoms with Crippen molar-refractivity contribution in [3.05, 3.63) is 35.7 Å². The number of hydrogen-bond acceptors (Lipinski definition) is 6. The lowest BCUT2D eigenvalue weighted by molar-refractivity contribution is -0.113. The minimum atomic E-state index is -0.123. The van der Waals surface area contributed by atoms with E-state index in [4.69, 9.17) is 9.72 Å². The van der Waals surface area contributed by atoms with Crippen LogP contribution in [0.5, 0.6) is 5.75 Å². The number of rotatable bonds is 5. The molecule has 142 valence electrons. The predicted octanol–water partition coefficient (Wildman–Crippen LogP) is 3.79. The van der Waals surface area contributed by atoms with Gasteiger partial charge < -0.3 is 10.1 Å². The molecule has 2 bridgehead atoms. The Kier molecular flexibility index (Phi) is 4.37. The number of para-hydroxylation sites is 2. The first-order valence-electron chi connectivity index (χ1n) is 9.17. The molecule has 0 saturated heterocycles. The average molecular weight is 385 g/mol. The van der Waals surface area contributed by atoms with E-state index in [2.05, 4.69) is 36.3 Å². The third-order valence-electron chi connectivity index (χ3n) is 6.49. The van der Waals surface area contributed by atoms with Gasteiger partial charge in [0, 0.05) is 11.3 Å². The number of amides is 1. The SMILES string of the molecule is COc1ccccc1NC(=O)CSc1nnc2c(n1)C1(C)CCC2C1(C)C. The first-order valence-corrected chi connectivity index (χ1v) is 10.2. The number of nitrogens with one attached hydrogen (secondary N) is 1. The van der Waals surface area contributed by atoms with Gasteiger partial charge in [-0.1, -0.05) is 44.7 Å². The number of anilines is 1.